The van der Waals surface area contributed by atoms with Gasteiger partial charge in [0, 0.05) is 12.0 Å². The van der Waals surface area contributed by atoms with E-state index in [0.717, 1.165) is 18.4 Å². The van der Waals surface area contributed by atoms with Crippen molar-refractivity contribution in [3.8, 4) is 23.3 Å². The van der Waals surface area contributed by atoms with Gasteiger partial charge in [-0.15, -0.1) is 0 Å². The summed E-state index contributed by atoms with van der Waals surface area (Å²) in [4.78, 5) is 11.7. The third-order valence-electron chi connectivity index (χ3n) is 3.24. The molecule has 114 valence electrons. The standard InChI is InChI=1S/C18H24O3/c1-4-5-6-7-8-9-16(19)12-10-15-11-13-17(20-2)18(14-15)21-3/h11,13-14H,4-9H2,1-3H3. The Morgan fingerprint density at radius 2 is 1.76 bits per heavy atom. The first-order valence-electron chi connectivity index (χ1n) is 7.48. The second-order valence-corrected chi connectivity index (χ2v) is 4.91. The molecule has 3 heteroatoms. The predicted molar refractivity (Wildman–Crippen MR) is 84.8 cm³/mol. The Labute approximate surface area is 127 Å². The molecule has 1 aromatic rings. The van der Waals surface area contributed by atoms with E-state index >= 15 is 0 Å². The van der Waals surface area contributed by atoms with E-state index < -0.39 is 0 Å². The highest BCUT2D eigenvalue weighted by molar-refractivity contribution is 5.95. The van der Waals surface area contributed by atoms with E-state index in [0.29, 0.717) is 17.9 Å². The van der Waals surface area contributed by atoms with Crippen LogP contribution in [0, 0.1) is 11.8 Å². The lowest BCUT2D eigenvalue weighted by Crippen LogP contribution is -1.94. The molecule has 0 spiro atoms. The van der Waals surface area contributed by atoms with Gasteiger partial charge in [0.15, 0.2) is 11.5 Å². The van der Waals surface area contributed by atoms with Gasteiger partial charge in [0.1, 0.15) is 0 Å². The molecule has 0 heterocycles. The summed E-state index contributed by atoms with van der Waals surface area (Å²) in [6, 6.07) is 5.39. The predicted octanol–water partition coefficient (Wildman–Crippen LogP) is 3.98. The molecule has 0 amide bonds. The minimum absolute atomic E-state index is 0.00119. The molecule has 3 nitrogen and oxygen atoms in total. The number of ketones is 1. The molecule has 1 aromatic carbocycles. The van der Waals surface area contributed by atoms with Crippen LogP contribution in [0.1, 0.15) is 51.0 Å². The van der Waals surface area contributed by atoms with Crippen LogP contribution in [-0.4, -0.2) is 20.0 Å². The number of hydrogen-bond acceptors (Lipinski definition) is 3. The van der Waals surface area contributed by atoms with Gasteiger partial charge in [-0.25, -0.2) is 0 Å². The highest BCUT2D eigenvalue weighted by Gasteiger charge is 2.03. The van der Waals surface area contributed by atoms with Crippen molar-refractivity contribution in [3.05, 3.63) is 23.8 Å². The molecular weight excluding hydrogens is 264 g/mol. The maximum Gasteiger partial charge on any atom is 0.205 e. The second kappa shape index (κ2) is 9.88. The number of benzene rings is 1. The number of unbranched alkanes of at least 4 members (excludes halogenated alkanes) is 4. The lowest BCUT2D eigenvalue weighted by Gasteiger charge is -2.06. The number of Topliss-reactive ketones (excluding diaryl/α,β-unsaturated/α-hetero) is 1. The van der Waals surface area contributed by atoms with Crippen molar-refractivity contribution in [2.75, 3.05) is 14.2 Å². The minimum atomic E-state index is 0.00119. The zero-order valence-corrected chi connectivity index (χ0v) is 13.2. The van der Waals surface area contributed by atoms with Crippen LogP contribution < -0.4 is 9.47 Å². The molecular formula is C18H24O3. The normalized spacial score (nSPS) is 9.67. The minimum Gasteiger partial charge on any atom is -0.493 e. The lowest BCUT2D eigenvalue weighted by atomic mass is 10.1. The van der Waals surface area contributed by atoms with Crippen LogP contribution in [0.3, 0.4) is 0 Å². The maximum absolute atomic E-state index is 11.7. The fraction of sp³-hybridized carbons (Fsp3) is 0.500. The molecule has 21 heavy (non-hydrogen) atoms. The van der Waals surface area contributed by atoms with Crippen LogP contribution in [0.4, 0.5) is 0 Å². The molecule has 0 N–H and O–H groups in total. The van der Waals surface area contributed by atoms with Gasteiger partial charge in [0.2, 0.25) is 5.78 Å². The summed E-state index contributed by atoms with van der Waals surface area (Å²) in [5.41, 5.74) is 0.756. The van der Waals surface area contributed by atoms with Crippen molar-refractivity contribution >= 4 is 5.78 Å². The first kappa shape index (κ1) is 17.1. The van der Waals surface area contributed by atoms with Crippen LogP contribution in [0.5, 0.6) is 11.5 Å². The van der Waals surface area contributed by atoms with E-state index in [1.54, 1.807) is 26.4 Å². The SMILES string of the molecule is CCCCCCCC(=O)C#Cc1ccc(OC)c(OC)c1. The molecule has 0 aliphatic heterocycles. The average Bonchev–Trinajstić information content (AvgIpc) is 2.52. The highest BCUT2D eigenvalue weighted by atomic mass is 16.5. The summed E-state index contributed by atoms with van der Waals surface area (Å²) in [5.74, 6) is 6.86. The van der Waals surface area contributed by atoms with Crippen molar-refractivity contribution in [1.29, 1.82) is 0 Å². The van der Waals surface area contributed by atoms with E-state index in [-0.39, 0.29) is 5.78 Å². The molecule has 0 aromatic heterocycles. The number of hydrogen-bond donors (Lipinski definition) is 0. The number of rotatable bonds is 8. The van der Waals surface area contributed by atoms with E-state index in [1.807, 2.05) is 6.07 Å². The van der Waals surface area contributed by atoms with Crippen LogP contribution in [-0.2, 0) is 4.79 Å². The number of carbonyl (C=O) groups excluding carboxylic acids is 1. The number of methoxy groups -OCH3 is 2. The zero-order valence-electron chi connectivity index (χ0n) is 13.2. The van der Waals surface area contributed by atoms with Gasteiger partial charge in [0.05, 0.1) is 14.2 Å². The molecule has 1 rings (SSSR count). The molecule has 0 bridgehead atoms. The monoisotopic (exact) mass is 288 g/mol. The van der Waals surface area contributed by atoms with Gasteiger partial charge in [-0.3, -0.25) is 4.79 Å². The van der Waals surface area contributed by atoms with Gasteiger partial charge in [-0.2, -0.15) is 0 Å². The summed E-state index contributed by atoms with van der Waals surface area (Å²) in [7, 11) is 3.17. The molecule has 0 aliphatic carbocycles. The van der Waals surface area contributed by atoms with Crippen LogP contribution in [0.2, 0.25) is 0 Å². The molecule has 0 aliphatic rings. The molecule has 0 saturated heterocycles. The molecule has 0 radical (unpaired) electrons. The Kier molecular flexibility index (Phi) is 8.04. The lowest BCUT2D eigenvalue weighted by molar-refractivity contribution is -0.113. The Bertz CT molecular complexity index is 509. The van der Waals surface area contributed by atoms with Gasteiger partial charge in [-0.1, -0.05) is 38.5 Å². The maximum atomic E-state index is 11.7. The molecule has 0 fully saturated rings. The summed E-state index contributed by atoms with van der Waals surface area (Å²) >= 11 is 0. The van der Waals surface area contributed by atoms with Gasteiger partial charge in [-0.05, 0) is 30.5 Å². The van der Waals surface area contributed by atoms with Crippen molar-refractivity contribution in [3.63, 3.8) is 0 Å². The molecule has 0 saturated carbocycles. The smallest absolute Gasteiger partial charge is 0.205 e. The quantitative estimate of drug-likeness (QED) is 0.536. The Morgan fingerprint density at radius 3 is 2.43 bits per heavy atom. The van der Waals surface area contributed by atoms with Crippen molar-refractivity contribution in [2.45, 2.75) is 45.4 Å². The fourth-order valence-corrected chi connectivity index (χ4v) is 2.01. The third kappa shape index (κ3) is 6.35. The Hall–Kier alpha value is -1.95. The van der Waals surface area contributed by atoms with E-state index in [2.05, 4.69) is 18.8 Å². The number of carbonyl (C=O) groups is 1. The van der Waals surface area contributed by atoms with Crippen molar-refractivity contribution < 1.29 is 14.3 Å². The fourth-order valence-electron chi connectivity index (χ4n) is 2.01. The third-order valence-corrected chi connectivity index (χ3v) is 3.24. The van der Waals surface area contributed by atoms with E-state index in [4.69, 9.17) is 9.47 Å². The Balaban J connectivity index is 2.51. The van der Waals surface area contributed by atoms with Crippen LogP contribution in [0.25, 0.3) is 0 Å². The van der Waals surface area contributed by atoms with Crippen LogP contribution in [0.15, 0.2) is 18.2 Å². The summed E-state index contributed by atoms with van der Waals surface area (Å²) in [6.45, 7) is 2.18. The van der Waals surface area contributed by atoms with Crippen LogP contribution >= 0.6 is 0 Å². The first-order valence-corrected chi connectivity index (χ1v) is 7.48. The average molecular weight is 288 g/mol. The summed E-state index contributed by atoms with van der Waals surface area (Å²) in [6.07, 6.45) is 6.24. The molecule has 0 unspecified atom stereocenters. The first-order chi connectivity index (χ1) is 10.2. The summed E-state index contributed by atoms with van der Waals surface area (Å²) < 4.78 is 10.4. The number of ether oxygens (including phenoxy) is 2. The topological polar surface area (TPSA) is 35.5 Å². The van der Waals surface area contributed by atoms with E-state index in [9.17, 15) is 4.79 Å². The van der Waals surface area contributed by atoms with Crippen molar-refractivity contribution in [1.82, 2.24) is 0 Å². The van der Waals surface area contributed by atoms with E-state index in [1.165, 1.54) is 19.3 Å². The molecule has 0 atom stereocenters. The van der Waals surface area contributed by atoms with Gasteiger partial charge < -0.3 is 9.47 Å². The van der Waals surface area contributed by atoms with Gasteiger partial charge >= 0.3 is 0 Å². The Morgan fingerprint density at radius 1 is 1.05 bits per heavy atom. The second-order valence-electron chi connectivity index (χ2n) is 4.91. The van der Waals surface area contributed by atoms with Crippen molar-refractivity contribution in [2.24, 2.45) is 0 Å². The summed E-state index contributed by atoms with van der Waals surface area (Å²) in [5, 5.41) is 0. The highest BCUT2D eigenvalue weighted by Crippen LogP contribution is 2.27. The zero-order chi connectivity index (χ0) is 15.5. The van der Waals surface area contributed by atoms with Gasteiger partial charge in [0.25, 0.3) is 0 Å². The largest absolute Gasteiger partial charge is 0.493 e.